The Labute approximate surface area is 157 Å². The summed E-state index contributed by atoms with van der Waals surface area (Å²) in [6, 6.07) is 7.63. The molecule has 1 aromatic carbocycles. The molecule has 27 heavy (non-hydrogen) atoms. The van der Waals surface area contributed by atoms with E-state index >= 15 is 0 Å². The van der Waals surface area contributed by atoms with Crippen LogP contribution in [0.25, 0.3) is 11.5 Å². The molecule has 0 spiro atoms. The zero-order valence-electron chi connectivity index (χ0n) is 15.6. The van der Waals surface area contributed by atoms with Crippen LogP contribution in [0.1, 0.15) is 23.7 Å². The highest BCUT2D eigenvalue weighted by Gasteiger charge is 2.17. The molecule has 0 aliphatic heterocycles. The highest BCUT2D eigenvalue weighted by atomic mass is 16.2. The van der Waals surface area contributed by atoms with E-state index in [1.54, 1.807) is 20.0 Å². The van der Waals surface area contributed by atoms with Gasteiger partial charge in [-0.15, -0.1) is 0 Å². The normalized spacial score (nSPS) is 10.6. The van der Waals surface area contributed by atoms with Crippen molar-refractivity contribution in [3.63, 3.8) is 0 Å². The van der Waals surface area contributed by atoms with Crippen molar-refractivity contribution >= 4 is 11.6 Å². The molecule has 0 saturated carbocycles. The lowest BCUT2D eigenvalue weighted by atomic mass is 10.1. The second-order valence-electron chi connectivity index (χ2n) is 6.23. The molecule has 0 saturated heterocycles. The van der Waals surface area contributed by atoms with E-state index < -0.39 is 0 Å². The molecule has 0 atom stereocenters. The van der Waals surface area contributed by atoms with Gasteiger partial charge >= 0.3 is 0 Å². The van der Waals surface area contributed by atoms with Gasteiger partial charge in [0.15, 0.2) is 5.82 Å². The Hall–Kier alpha value is -3.35. The Morgan fingerprint density at radius 3 is 2.74 bits per heavy atom. The quantitative estimate of drug-likeness (QED) is 0.752. The molecule has 0 bridgehead atoms. The number of carbonyl (C=O) groups is 1. The maximum Gasteiger partial charge on any atom is 0.257 e. The van der Waals surface area contributed by atoms with Gasteiger partial charge in [-0.2, -0.15) is 0 Å². The fraction of sp³-hybridized carbons (Fsp3) is 0.250. The predicted octanol–water partition coefficient (Wildman–Crippen LogP) is 2.52. The van der Waals surface area contributed by atoms with E-state index in [0.717, 1.165) is 12.0 Å². The molecule has 3 aromatic rings. The minimum atomic E-state index is -0.305. The zero-order valence-corrected chi connectivity index (χ0v) is 15.6. The number of benzene rings is 1. The van der Waals surface area contributed by atoms with Crippen LogP contribution in [-0.2, 0) is 17.8 Å². The highest BCUT2D eigenvalue weighted by molar-refractivity contribution is 5.90. The first-order valence-electron chi connectivity index (χ1n) is 8.72. The number of aromatic nitrogens is 4. The van der Waals surface area contributed by atoms with Crippen molar-refractivity contribution < 1.29 is 4.79 Å². The number of nitrogens with one attached hydrogen (secondary N) is 1. The third kappa shape index (κ3) is 4.08. The summed E-state index contributed by atoms with van der Waals surface area (Å²) in [5.41, 5.74) is 3.11. The number of hydrogen-bond donors (Lipinski definition) is 1. The summed E-state index contributed by atoms with van der Waals surface area (Å²) in [4.78, 5) is 38.1. The standard InChI is InChI=1S/C20H21N5O2/c1-4-15-6-5-7-16(10-15)24-18(26)12-25-19(17-11-21-8-9-22-17)23-14(3)13(2)20(25)27/h5-11H,4,12H2,1-3H3,(H,24,26). The largest absolute Gasteiger partial charge is 0.325 e. The Morgan fingerprint density at radius 2 is 2.04 bits per heavy atom. The molecule has 0 aliphatic carbocycles. The summed E-state index contributed by atoms with van der Waals surface area (Å²) in [6.07, 6.45) is 5.47. The number of nitrogens with zero attached hydrogens (tertiary/aromatic N) is 4. The van der Waals surface area contributed by atoms with Gasteiger partial charge in [0.2, 0.25) is 5.91 Å². The second kappa shape index (κ2) is 7.90. The number of amides is 1. The van der Waals surface area contributed by atoms with Crippen LogP contribution >= 0.6 is 0 Å². The van der Waals surface area contributed by atoms with Gasteiger partial charge in [0.05, 0.1) is 6.20 Å². The van der Waals surface area contributed by atoms with Gasteiger partial charge in [0.1, 0.15) is 12.2 Å². The second-order valence-corrected chi connectivity index (χ2v) is 6.23. The first kappa shape index (κ1) is 18.4. The molecule has 1 N–H and O–H groups in total. The molecule has 0 aliphatic rings. The van der Waals surface area contributed by atoms with Gasteiger partial charge in [-0.3, -0.25) is 19.1 Å². The van der Waals surface area contributed by atoms with Crippen LogP contribution in [-0.4, -0.2) is 25.4 Å². The average Bonchev–Trinajstić information content (AvgIpc) is 2.69. The van der Waals surface area contributed by atoms with Crippen LogP contribution in [0.15, 0.2) is 47.7 Å². The summed E-state index contributed by atoms with van der Waals surface area (Å²) in [5.74, 6) is 0.0224. The summed E-state index contributed by atoms with van der Waals surface area (Å²) >= 11 is 0. The third-order valence-electron chi connectivity index (χ3n) is 4.35. The van der Waals surface area contributed by atoms with Gasteiger partial charge < -0.3 is 5.32 Å². The monoisotopic (exact) mass is 363 g/mol. The van der Waals surface area contributed by atoms with Crippen LogP contribution in [0, 0.1) is 13.8 Å². The highest BCUT2D eigenvalue weighted by Crippen LogP contribution is 2.15. The molecule has 7 heteroatoms. The van der Waals surface area contributed by atoms with Gasteiger partial charge in [-0.25, -0.2) is 9.97 Å². The topological polar surface area (TPSA) is 89.8 Å². The first-order valence-corrected chi connectivity index (χ1v) is 8.72. The van der Waals surface area contributed by atoms with Gasteiger partial charge in [0, 0.05) is 29.3 Å². The van der Waals surface area contributed by atoms with E-state index in [0.29, 0.717) is 28.5 Å². The third-order valence-corrected chi connectivity index (χ3v) is 4.35. The zero-order chi connectivity index (χ0) is 19.4. The van der Waals surface area contributed by atoms with E-state index in [-0.39, 0.29) is 18.0 Å². The van der Waals surface area contributed by atoms with E-state index in [4.69, 9.17) is 0 Å². The Kier molecular flexibility index (Phi) is 5.40. The molecular formula is C20H21N5O2. The van der Waals surface area contributed by atoms with Crippen molar-refractivity contribution in [3.05, 3.63) is 70.0 Å². The van der Waals surface area contributed by atoms with Crippen molar-refractivity contribution in [2.75, 3.05) is 5.32 Å². The molecule has 1 amide bonds. The lowest BCUT2D eigenvalue weighted by Crippen LogP contribution is -2.32. The van der Waals surface area contributed by atoms with Crippen molar-refractivity contribution in [2.24, 2.45) is 0 Å². The first-order chi connectivity index (χ1) is 13.0. The van der Waals surface area contributed by atoms with Gasteiger partial charge in [-0.1, -0.05) is 19.1 Å². The Balaban J connectivity index is 1.95. The van der Waals surface area contributed by atoms with E-state index in [1.807, 2.05) is 24.3 Å². The minimum Gasteiger partial charge on any atom is -0.325 e. The molecule has 2 heterocycles. The summed E-state index contributed by atoms with van der Waals surface area (Å²) in [7, 11) is 0. The SMILES string of the molecule is CCc1cccc(NC(=O)Cn2c(-c3cnccn3)nc(C)c(C)c2=O)c1. The van der Waals surface area contributed by atoms with Crippen molar-refractivity contribution in [3.8, 4) is 11.5 Å². The molecule has 3 rings (SSSR count). The number of hydrogen-bond acceptors (Lipinski definition) is 5. The lowest BCUT2D eigenvalue weighted by molar-refractivity contribution is -0.116. The smallest absolute Gasteiger partial charge is 0.257 e. The minimum absolute atomic E-state index is 0.158. The molecule has 2 aromatic heterocycles. The molecule has 7 nitrogen and oxygen atoms in total. The number of rotatable bonds is 5. The Morgan fingerprint density at radius 1 is 1.22 bits per heavy atom. The summed E-state index contributed by atoms with van der Waals surface area (Å²) in [5, 5.41) is 2.84. The maximum atomic E-state index is 12.8. The van der Waals surface area contributed by atoms with Crippen molar-refractivity contribution in [1.29, 1.82) is 0 Å². The maximum absolute atomic E-state index is 12.8. The average molecular weight is 363 g/mol. The number of anilines is 1. The van der Waals surface area contributed by atoms with E-state index in [2.05, 4.69) is 27.2 Å². The van der Waals surface area contributed by atoms with Crippen molar-refractivity contribution in [2.45, 2.75) is 33.7 Å². The predicted molar refractivity (Wildman–Crippen MR) is 103 cm³/mol. The molecule has 138 valence electrons. The molecule has 0 radical (unpaired) electrons. The Bertz CT molecular complexity index is 1030. The van der Waals surface area contributed by atoms with Crippen LogP contribution in [0.3, 0.4) is 0 Å². The van der Waals surface area contributed by atoms with Crippen LogP contribution < -0.4 is 10.9 Å². The fourth-order valence-electron chi connectivity index (χ4n) is 2.73. The van der Waals surface area contributed by atoms with Crippen LogP contribution in [0.2, 0.25) is 0 Å². The lowest BCUT2D eigenvalue weighted by Gasteiger charge is -2.14. The summed E-state index contributed by atoms with van der Waals surface area (Å²) < 4.78 is 1.34. The van der Waals surface area contributed by atoms with Crippen LogP contribution in [0.4, 0.5) is 5.69 Å². The van der Waals surface area contributed by atoms with Gasteiger partial charge in [-0.05, 0) is 38.0 Å². The molecular weight excluding hydrogens is 342 g/mol. The van der Waals surface area contributed by atoms with Crippen molar-refractivity contribution in [1.82, 2.24) is 19.5 Å². The van der Waals surface area contributed by atoms with Gasteiger partial charge in [0.25, 0.3) is 5.56 Å². The number of carbonyl (C=O) groups excluding carboxylic acids is 1. The molecule has 0 unspecified atom stereocenters. The molecule has 0 fully saturated rings. The summed E-state index contributed by atoms with van der Waals surface area (Å²) in [6.45, 7) is 5.35. The number of aryl methyl sites for hydroxylation is 2. The fourth-order valence-corrected chi connectivity index (χ4v) is 2.73. The van der Waals surface area contributed by atoms with Crippen LogP contribution in [0.5, 0.6) is 0 Å². The van der Waals surface area contributed by atoms with E-state index in [9.17, 15) is 9.59 Å². The van der Waals surface area contributed by atoms with E-state index in [1.165, 1.54) is 17.0 Å².